The summed E-state index contributed by atoms with van der Waals surface area (Å²) in [6.07, 6.45) is 0. The molecule has 0 aliphatic carbocycles. The van der Waals surface area contributed by atoms with Gasteiger partial charge in [-0.1, -0.05) is 108 Å². The van der Waals surface area contributed by atoms with Crippen LogP contribution in [0.15, 0.2) is 91.0 Å². The molecule has 3 aromatic rings. The van der Waals surface area contributed by atoms with E-state index in [-0.39, 0.29) is 0 Å². The Morgan fingerprint density at radius 1 is 0.450 bits per heavy atom. The molecule has 1 N–H and O–H groups in total. The fourth-order valence-corrected chi connectivity index (χ4v) is 2.56. The van der Waals surface area contributed by atoms with Crippen molar-refractivity contribution in [3.63, 3.8) is 0 Å². The second-order valence-corrected chi connectivity index (χ2v) is 4.85. The predicted molar refractivity (Wildman–Crippen MR) is 83.5 cm³/mol. The molecule has 1 heteroatoms. The first-order chi connectivity index (χ1) is 9.82. The van der Waals surface area contributed by atoms with Crippen molar-refractivity contribution in [3.05, 3.63) is 113 Å². The van der Waals surface area contributed by atoms with Crippen molar-refractivity contribution in [1.82, 2.24) is 0 Å². The molecule has 0 aliphatic heterocycles. The van der Waals surface area contributed by atoms with E-state index in [2.05, 4.69) is 0 Å². The van der Waals surface area contributed by atoms with Gasteiger partial charge in [0.15, 0.2) is 0 Å². The van der Waals surface area contributed by atoms with Gasteiger partial charge in [-0.2, -0.15) is 0 Å². The SMILES string of the molecule is [NH-]C(c1ccccc1)(c1ccccc1)c1ccccc1. The molecule has 0 atom stereocenters. The molecule has 20 heavy (non-hydrogen) atoms. The maximum Gasteiger partial charge on any atom is -0.0473 e. The van der Waals surface area contributed by atoms with Crippen LogP contribution in [0.5, 0.6) is 0 Å². The Bertz CT molecular complexity index is 563. The smallest absolute Gasteiger partial charge is 0.0473 e. The lowest BCUT2D eigenvalue weighted by Crippen LogP contribution is -2.24. The molecule has 1 nitrogen and oxygen atoms in total. The molecular formula is C19H16N-. The summed E-state index contributed by atoms with van der Waals surface area (Å²) < 4.78 is 0. The molecule has 0 amide bonds. The average molecular weight is 258 g/mol. The molecule has 0 heterocycles. The van der Waals surface area contributed by atoms with Gasteiger partial charge in [-0.05, 0) is 5.54 Å². The summed E-state index contributed by atoms with van der Waals surface area (Å²) in [4.78, 5) is 0. The minimum Gasteiger partial charge on any atom is -0.660 e. The van der Waals surface area contributed by atoms with E-state index in [4.69, 9.17) is 5.73 Å². The van der Waals surface area contributed by atoms with Crippen molar-refractivity contribution in [1.29, 1.82) is 0 Å². The standard InChI is InChI=1S/C19H16N/c20-19(16-10-4-1-5-11-16,17-12-6-2-7-13-17)18-14-8-3-9-15-18/h1-15,20H/q-1. The monoisotopic (exact) mass is 258 g/mol. The van der Waals surface area contributed by atoms with Gasteiger partial charge in [-0.25, -0.2) is 0 Å². The van der Waals surface area contributed by atoms with Gasteiger partial charge in [0, 0.05) is 0 Å². The minimum absolute atomic E-state index is 0.871. The summed E-state index contributed by atoms with van der Waals surface area (Å²) in [5.41, 5.74) is 11.2. The van der Waals surface area contributed by atoms with Crippen molar-refractivity contribution in [2.45, 2.75) is 5.54 Å². The van der Waals surface area contributed by atoms with Crippen molar-refractivity contribution >= 4 is 0 Å². The molecular weight excluding hydrogens is 242 g/mol. The number of benzene rings is 3. The normalized spacial score (nSPS) is 11.2. The Morgan fingerprint density at radius 2 is 0.700 bits per heavy atom. The van der Waals surface area contributed by atoms with Crippen LogP contribution in [0.2, 0.25) is 0 Å². The van der Waals surface area contributed by atoms with Crippen LogP contribution >= 0.6 is 0 Å². The molecule has 0 unspecified atom stereocenters. The molecule has 0 aliphatic rings. The summed E-state index contributed by atoms with van der Waals surface area (Å²) in [7, 11) is 0. The van der Waals surface area contributed by atoms with Crippen LogP contribution in [0.25, 0.3) is 5.73 Å². The van der Waals surface area contributed by atoms with Crippen molar-refractivity contribution in [3.8, 4) is 0 Å². The van der Waals surface area contributed by atoms with E-state index in [1.165, 1.54) is 0 Å². The van der Waals surface area contributed by atoms with E-state index in [9.17, 15) is 0 Å². The Labute approximate surface area is 119 Å². The molecule has 0 aromatic heterocycles. The first-order valence-corrected chi connectivity index (χ1v) is 6.73. The molecule has 98 valence electrons. The lowest BCUT2D eigenvalue weighted by Gasteiger charge is -2.41. The van der Waals surface area contributed by atoms with Crippen molar-refractivity contribution < 1.29 is 0 Å². The zero-order valence-corrected chi connectivity index (χ0v) is 11.2. The topological polar surface area (TPSA) is 23.8 Å². The zero-order chi connectivity index (χ0) is 13.8. The molecule has 0 spiro atoms. The van der Waals surface area contributed by atoms with Gasteiger partial charge in [0.2, 0.25) is 0 Å². The van der Waals surface area contributed by atoms with Gasteiger partial charge in [0.1, 0.15) is 0 Å². The lowest BCUT2D eigenvalue weighted by atomic mass is 9.78. The van der Waals surface area contributed by atoms with E-state index >= 15 is 0 Å². The van der Waals surface area contributed by atoms with Crippen LogP contribution in [0.1, 0.15) is 16.7 Å². The Balaban J connectivity index is 2.24. The Kier molecular flexibility index (Phi) is 3.36. The highest BCUT2D eigenvalue weighted by Gasteiger charge is 2.23. The summed E-state index contributed by atoms with van der Waals surface area (Å²) in [6.45, 7) is 0. The quantitative estimate of drug-likeness (QED) is 0.588. The zero-order valence-electron chi connectivity index (χ0n) is 11.2. The fraction of sp³-hybridized carbons (Fsp3) is 0.0526. The number of hydrogen-bond acceptors (Lipinski definition) is 0. The Hall–Kier alpha value is -2.38. The van der Waals surface area contributed by atoms with Gasteiger partial charge in [0.05, 0.1) is 0 Å². The number of hydrogen-bond donors (Lipinski definition) is 0. The minimum atomic E-state index is -0.871. The number of nitrogens with one attached hydrogen (secondary N) is 1. The summed E-state index contributed by atoms with van der Waals surface area (Å²) in [6, 6.07) is 30.0. The largest absolute Gasteiger partial charge is 0.660 e. The van der Waals surface area contributed by atoms with Crippen LogP contribution in [0, 0.1) is 0 Å². The van der Waals surface area contributed by atoms with E-state index in [1.807, 2.05) is 91.0 Å². The molecule has 0 saturated heterocycles. The summed E-state index contributed by atoms with van der Waals surface area (Å²) in [5.74, 6) is 0. The highest BCUT2D eigenvalue weighted by molar-refractivity contribution is 5.51. The van der Waals surface area contributed by atoms with E-state index in [0.29, 0.717) is 0 Å². The third-order valence-corrected chi connectivity index (χ3v) is 3.62. The second kappa shape index (κ2) is 5.32. The maximum atomic E-state index is 9.14. The third kappa shape index (κ3) is 2.13. The van der Waals surface area contributed by atoms with Gasteiger partial charge < -0.3 is 5.73 Å². The van der Waals surface area contributed by atoms with E-state index < -0.39 is 5.54 Å². The Morgan fingerprint density at radius 3 is 0.950 bits per heavy atom. The van der Waals surface area contributed by atoms with Crippen LogP contribution in [0.4, 0.5) is 0 Å². The number of rotatable bonds is 3. The first kappa shape index (κ1) is 12.6. The van der Waals surface area contributed by atoms with E-state index in [1.54, 1.807) is 0 Å². The van der Waals surface area contributed by atoms with Gasteiger partial charge in [0.25, 0.3) is 0 Å². The summed E-state index contributed by atoms with van der Waals surface area (Å²) >= 11 is 0. The second-order valence-electron chi connectivity index (χ2n) is 4.85. The van der Waals surface area contributed by atoms with Crippen LogP contribution in [0.3, 0.4) is 0 Å². The molecule has 0 fully saturated rings. The van der Waals surface area contributed by atoms with Crippen LogP contribution < -0.4 is 0 Å². The highest BCUT2D eigenvalue weighted by Crippen LogP contribution is 2.39. The molecule has 3 aromatic carbocycles. The van der Waals surface area contributed by atoms with Gasteiger partial charge in [-0.3, -0.25) is 0 Å². The third-order valence-electron chi connectivity index (χ3n) is 3.62. The average Bonchev–Trinajstić information content (AvgIpc) is 2.56. The van der Waals surface area contributed by atoms with Crippen molar-refractivity contribution in [2.75, 3.05) is 0 Å². The molecule has 0 radical (unpaired) electrons. The highest BCUT2D eigenvalue weighted by atomic mass is 14.7. The van der Waals surface area contributed by atoms with Crippen LogP contribution in [-0.2, 0) is 5.54 Å². The lowest BCUT2D eigenvalue weighted by molar-refractivity contribution is 0.783. The van der Waals surface area contributed by atoms with E-state index in [0.717, 1.165) is 16.7 Å². The molecule has 3 rings (SSSR count). The molecule has 0 saturated carbocycles. The fourth-order valence-electron chi connectivity index (χ4n) is 2.56. The van der Waals surface area contributed by atoms with Crippen LogP contribution in [-0.4, -0.2) is 0 Å². The summed E-state index contributed by atoms with van der Waals surface area (Å²) in [5, 5.41) is 0. The van der Waals surface area contributed by atoms with Gasteiger partial charge in [-0.15, -0.1) is 0 Å². The molecule has 0 bridgehead atoms. The first-order valence-electron chi connectivity index (χ1n) is 6.73. The predicted octanol–water partition coefficient (Wildman–Crippen LogP) is 5.03. The van der Waals surface area contributed by atoms with Crippen molar-refractivity contribution in [2.24, 2.45) is 0 Å². The maximum absolute atomic E-state index is 9.14. The van der Waals surface area contributed by atoms with Gasteiger partial charge >= 0.3 is 0 Å².